The molecule has 2 unspecified atom stereocenters. The molecule has 14 nitrogen and oxygen atoms in total. The SMILES string of the molecule is COc1c(C)cc2c(c1O)[C@@H]1[C@@H]3[C@@H]4SC[C@]5(N[C@@H](CN)Cc6c5oc5ccccc65)C(=O)OCC[C@@H](c5c6c(c(C)c(OC(C)=O)c54)OCO6)N3C(O)(C2)CN1C. The van der Waals surface area contributed by atoms with Crippen molar-refractivity contribution in [2.24, 2.45) is 5.73 Å². The molecule has 5 N–H and O–H groups in total. The van der Waals surface area contributed by atoms with Gasteiger partial charge in [-0.25, -0.2) is 4.79 Å². The number of carbonyl (C=O) groups is 2. The van der Waals surface area contributed by atoms with Crippen LogP contribution in [-0.4, -0.2) is 96.2 Å². The van der Waals surface area contributed by atoms with Crippen LogP contribution in [-0.2, 0) is 32.7 Å². The van der Waals surface area contributed by atoms with Gasteiger partial charge in [-0.3, -0.25) is 19.9 Å². The second-order valence-electron chi connectivity index (χ2n) is 16.3. The molecule has 1 spiro atoms. The third-order valence-corrected chi connectivity index (χ3v) is 14.4. The molecule has 9 heterocycles. The Bertz CT molecular complexity index is 2380. The number of aryl methyl sites for hydroxylation is 1. The molecule has 3 aromatic carbocycles. The summed E-state index contributed by atoms with van der Waals surface area (Å²) in [4.78, 5) is 32.2. The lowest BCUT2D eigenvalue weighted by Crippen LogP contribution is -2.69. The minimum Gasteiger partial charge on any atom is -0.504 e. The van der Waals surface area contributed by atoms with Crippen molar-refractivity contribution in [1.29, 1.82) is 0 Å². The van der Waals surface area contributed by atoms with Crippen LogP contribution in [0.4, 0.5) is 0 Å². The Balaban J connectivity index is 1.26. The van der Waals surface area contributed by atoms with E-state index in [1.54, 1.807) is 7.11 Å². The van der Waals surface area contributed by atoms with Gasteiger partial charge in [0.2, 0.25) is 6.79 Å². The number of ether oxygens (including phenoxy) is 5. The topological polar surface area (TPSA) is 178 Å². The summed E-state index contributed by atoms with van der Waals surface area (Å²) in [6, 6.07) is 7.82. The maximum absolute atomic E-state index is 14.9. The van der Waals surface area contributed by atoms with Crippen molar-refractivity contribution in [3.8, 4) is 28.7 Å². The zero-order chi connectivity index (χ0) is 39.7. The van der Waals surface area contributed by atoms with E-state index < -0.39 is 46.6 Å². The first-order valence-electron chi connectivity index (χ1n) is 19.4. The van der Waals surface area contributed by atoms with E-state index in [1.165, 1.54) is 18.7 Å². The van der Waals surface area contributed by atoms with Crippen molar-refractivity contribution < 1.29 is 47.9 Å². The number of hydrogen-bond donors (Lipinski definition) is 4. The van der Waals surface area contributed by atoms with Gasteiger partial charge in [0.15, 0.2) is 28.5 Å². The predicted octanol–water partition coefficient (Wildman–Crippen LogP) is 4.16. The van der Waals surface area contributed by atoms with E-state index in [-0.39, 0.29) is 56.9 Å². The highest BCUT2D eigenvalue weighted by molar-refractivity contribution is 7.99. The highest BCUT2D eigenvalue weighted by Crippen LogP contribution is 2.65. The van der Waals surface area contributed by atoms with Gasteiger partial charge in [0, 0.05) is 89.9 Å². The maximum Gasteiger partial charge on any atom is 0.335 e. The number of methoxy groups -OCH3 is 1. The summed E-state index contributed by atoms with van der Waals surface area (Å²) in [7, 11) is 3.50. The van der Waals surface area contributed by atoms with Crippen LogP contribution >= 0.6 is 11.8 Å². The van der Waals surface area contributed by atoms with Gasteiger partial charge < -0.3 is 44.0 Å². The lowest BCUT2D eigenvalue weighted by Gasteiger charge is -2.60. The van der Waals surface area contributed by atoms with Crippen molar-refractivity contribution in [3.63, 3.8) is 0 Å². The van der Waals surface area contributed by atoms with Crippen molar-refractivity contribution in [2.45, 2.75) is 80.7 Å². The van der Waals surface area contributed by atoms with Crippen molar-refractivity contribution in [3.05, 3.63) is 75.0 Å². The highest BCUT2D eigenvalue weighted by atomic mass is 32.2. The molecule has 2 saturated heterocycles. The van der Waals surface area contributed by atoms with Crippen LogP contribution in [0.3, 0.4) is 0 Å². The number of rotatable bonds is 3. The average Bonchev–Trinajstić information content (AvgIpc) is 3.76. The number of furan rings is 1. The lowest BCUT2D eigenvalue weighted by molar-refractivity contribution is -0.209. The molecule has 8 aliphatic heterocycles. The second kappa shape index (κ2) is 13.0. The molecule has 57 heavy (non-hydrogen) atoms. The van der Waals surface area contributed by atoms with E-state index in [1.807, 2.05) is 51.2 Å². The van der Waals surface area contributed by atoms with Crippen LogP contribution in [0.1, 0.15) is 75.4 Å². The van der Waals surface area contributed by atoms with Gasteiger partial charge in [-0.15, -0.1) is 11.8 Å². The minimum atomic E-state index is -1.47. The van der Waals surface area contributed by atoms with Gasteiger partial charge in [0.1, 0.15) is 22.8 Å². The molecule has 8 aliphatic rings. The van der Waals surface area contributed by atoms with Crippen LogP contribution in [0.2, 0.25) is 0 Å². The fourth-order valence-electron chi connectivity index (χ4n) is 10.9. The van der Waals surface area contributed by atoms with Crippen molar-refractivity contribution in [2.75, 3.05) is 46.4 Å². The predicted molar refractivity (Wildman–Crippen MR) is 209 cm³/mol. The number of phenolic OH excluding ortho intramolecular Hbond substituents is 1. The fraction of sp³-hybridized carbons (Fsp3) is 0.476. The first kappa shape index (κ1) is 36.8. The maximum atomic E-state index is 14.9. The van der Waals surface area contributed by atoms with Crippen molar-refractivity contribution >= 4 is 34.7 Å². The summed E-state index contributed by atoms with van der Waals surface area (Å²) in [5.41, 5.74) is 9.29. The first-order valence-corrected chi connectivity index (χ1v) is 20.5. The van der Waals surface area contributed by atoms with Gasteiger partial charge in [-0.05, 0) is 44.5 Å². The second-order valence-corrected chi connectivity index (χ2v) is 17.4. The molecule has 0 aliphatic carbocycles. The van der Waals surface area contributed by atoms with Gasteiger partial charge in [0.25, 0.3) is 0 Å². The van der Waals surface area contributed by atoms with E-state index in [0.29, 0.717) is 57.5 Å². The Hall–Kier alpha value is -4.51. The number of para-hydroxylation sites is 1. The summed E-state index contributed by atoms with van der Waals surface area (Å²) in [5.74, 6) is 1.34. The standard InChI is InChI=1S/C42H46N4O10S/c1-19-12-22-14-41(50)16-45(4)31(28(22)33(48)34(19)51-5)32-38-30-29(37-36(53-18-54-37)20(2)35(30)55-21(3)47)26(46(32)41)10-11-52-40(49)42(17-57-38)39-25(13-23(15-43)44-42)24-8-6-7-9-27(24)56-39/h6-9,12,23,26,31-32,38,44,48,50H,10-11,13-18,43H2,1-5H3/t23-,26+,31-,32-,38-,41?,42-/m1/s1. The number of nitrogens with one attached hydrogen (secondary N) is 1. The van der Waals surface area contributed by atoms with Crippen LogP contribution in [0.15, 0.2) is 34.7 Å². The van der Waals surface area contributed by atoms with E-state index in [2.05, 4.69) is 15.1 Å². The van der Waals surface area contributed by atoms with E-state index in [9.17, 15) is 19.8 Å². The van der Waals surface area contributed by atoms with Crippen LogP contribution < -0.4 is 30.0 Å². The number of thioether (sulfide) groups is 1. The monoisotopic (exact) mass is 798 g/mol. The molecule has 0 saturated carbocycles. The van der Waals surface area contributed by atoms with Gasteiger partial charge >= 0.3 is 11.9 Å². The van der Waals surface area contributed by atoms with Gasteiger partial charge in [-0.1, -0.05) is 24.3 Å². The highest BCUT2D eigenvalue weighted by Gasteiger charge is 2.63. The van der Waals surface area contributed by atoms with Crippen LogP contribution in [0.5, 0.6) is 28.7 Å². The number of esters is 2. The van der Waals surface area contributed by atoms with Crippen LogP contribution in [0.25, 0.3) is 11.0 Å². The molecule has 4 bridgehead atoms. The average molecular weight is 799 g/mol. The zero-order valence-electron chi connectivity index (χ0n) is 32.5. The number of fused-ring (bicyclic) bond motifs is 9. The molecule has 8 atom stereocenters. The van der Waals surface area contributed by atoms with Gasteiger partial charge in [-0.2, -0.15) is 0 Å². The summed E-state index contributed by atoms with van der Waals surface area (Å²) >= 11 is 1.49. The summed E-state index contributed by atoms with van der Waals surface area (Å²) in [6.45, 7) is 5.56. The number of nitrogens with zero attached hydrogens (tertiary/aromatic N) is 2. The molecule has 15 heteroatoms. The summed E-state index contributed by atoms with van der Waals surface area (Å²) < 4.78 is 37.3. The Morgan fingerprint density at radius 2 is 1.91 bits per heavy atom. The first-order chi connectivity index (χ1) is 27.4. The number of likely N-dealkylation sites (N-methyl/N-ethyl adjacent to an activating group) is 1. The number of benzene rings is 3. The molecule has 12 rings (SSSR count). The fourth-order valence-corrected chi connectivity index (χ4v) is 12.6. The van der Waals surface area contributed by atoms with E-state index >= 15 is 0 Å². The number of nitrogens with two attached hydrogens (primary N) is 1. The van der Waals surface area contributed by atoms with E-state index in [4.69, 9.17) is 33.8 Å². The lowest BCUT2D eigenvalue weighted by atomic mass is 9.77. The third-order valence-electron chi connectivity index (χ3n) is 12.9. The van der Waals surface area contributed by atoms with Gasteiger partial charge in [0.05, 0.1) is 25.0 Å². The number of phenols is 1. The normalized spacial score (nSPS) is 31.2. The van der Waals surface area contributed by atoms with Crippen LogP contribution in [0, 0.1) is 13.8 Å². The Kier molecular flexibility index (Phi) is 8.39. The molecule has 300 valence electrons. The third kappa shape index (κ3) is 5.08. The van der Waals surface area contributed by atoms with Crippen molar-refractivity contribution in [1.82, 2.24) is 15.1 Å². The molecule has 0 radical (unpaired) electrons. The number of hydrogen-bond acceptors (Lipinski definition) is 15. The molecular formula is C42H46N4O10S. The molecule has 2 fully saturated rings. The Morgan fingerprint density at radius 3 is 2.68 bits per heavy atom. The molecule has 0 amide bonds. The summed E-state index contributed by atoms with van der Waals surface area (Å²) in [5, 5.41) is 29.3. The number of aliphatic hydroxyl groups is 1. The summed E-state index contributed by atoms with van der Waals surface area (Å²) in [6.07, 6.45) is 1.01. The largest absolute Gasteiger partial charge is 0.504 e. The van der Waals surface area contributed by atoms with E-state index in [0.717, 1.165) is 27.6 Å². The smallest absolute Gasteiger partial charge is 0.335 e. The number of carbonyl (C=O) groups excluding carboxylic acids is 2. The number of aromatic hydroxyl groups is 1. The zero-order valence-corrected chi connectivity index (χ0v) is 33.3. The Morgan fingerprint density at radius 1 is 1.12 bits per heavy atom. The number of piperazine rings is 1. The Labute approximate surface area is 333 Å². The molecule has 1 aromatic heterocycles. The molecular weight excluding hydrogens is 753 g/mol. The molecule has 4 aromatic rings. The minimum absolute atomic E-state index is 0.0228. The quantitative estimate of drug-likeness (QED) is 0.171.